The number of hydrogen-bond acceptors (Lipinski definition) is 4. The summed E-state index contributed by atoms with van der Waals surface area (Å²) >= 11 is 0. The molecule has 0 N–H and O–H groups in total. The second-order valence-corrected chi connectivity index (χ2v) is 7.39. The van der Waals surface area contributed by atoms with Crippen molar-refractivity contribution in [1.29, 1.82) is 0 Å². The Morgan fingerprint density at radius 2 is 0.967 bits per heavy atom. The van der Waals surface area contributed by atoms with Gasteiger partial charge in [0.2, 0.25) is 0 Å². The zero-order valence-corrected chi connectivity index (χ0v) is 17.4. The van der Waals surface area contributed by atoms with Gasteiger partial charge in [0.05, 0.1) is 25.5 Å². The third-order valence-corrected chi connectivity index (χ3v) is 5.18. The molecule has 0 aromatic heterocycles. The summed E-state index contributed by atoms with van der Waals surface area (Å²) in [5.41, 5.74) is 2.25. The van der Waals surface area contributed by atoms with E-state index in [0.29, 0.717) is 0 Å². The average Bonchev–Trinajstić information content (AvgIpc) is 2.80. The molecule has 4 aromatic carbocycles. The van der Waals surface area contributed by atoms with Crippen molar-refractivity contribution in [2.24, 2.45) is 10.2 Å². The van der Waals surface area contributed by atoms with Crippen LogP contribution < -0.4 is 0 Å². The maximum atomic E-state index is 4.61. The Bertz CT molecular complexity index is 1090. The lowest BCUT2D eigenvalue weighted by atomic mass is 10.1. The van der Waals surface area contributed by atoms with Gasteiger partial charge in [0.15, 0.2) is 0 Å². The van der Waals surface area contributed by atoms with Crippen LogP contribution in [0, 0.1) is 0 Å². The van der Waals surface area contributed by atoms with Gasteiger partial charge in [-0.2, -0.15) is 10.2 Å². The predicted octanol–water partition coefficient (Wildman–Crippen LogP) is 5.22. The molecule has 0 aliphatic carbocycles. The molecule has 0 bridgehead atoms. The summed E-state index contributed by atoms with van der Waals surface area (Å²) in [5, 5.41) is 18.0. The predicted molar refractivity (Wildman–Crippen MR) is 128 cm³/mol. The molecule has 150 valence electrons. The molecule has 4 rings (SSSR count). The van der Waals surface area contributed by atoms with E-state index in [1.54, 1.807) is 0 Å². The summed E-state index contributed by atoms with van der Waals surface area (Å²) < 4.78 is 0. The summed E-state index contributed by atoms with van der Waals surface area (Å²) in [4.78, 5) is 0. The van der Waals surface area contributed by atoms with Crippen molar-refractivity contribution in [2.75, 3.05) is 27.2 Å². The van der Waals surface area contributed by atoms with E-state index in [-0.39, 0.29) is 0 Å². The summed E-state index contributed by atoms with van der Waals surface area (Å²) in [6.07, 6.45) is 3.86. The van der Waals surface area contributed by atoms with Crippen LogP contribution in [0.4, 0.5) is 0 Å². The quantitative estimate of drug-likeness (QED) is 0.318. The largest absolute Gasteiger partial charge is 0.298 e. The Morgan fingerprint density at radius 3 is 1.43 bits per heavy atom. The number of fused-ring (bicyclic) bond motifs is 2. The van der Waals surface area contributed by atoms with E-state index in [4.69, 9.17) is 0 Å². The number of rotatable bonds is 7. The van der Waals surface area contributed by atoms with Crippen LogP contribution in [0.15, 0.2) is 95.1 Å². The Kier molecular flexibility index (Phi) is 6.04. The topological polar surface area (TPSA) is 31.2 Å². The van der Waals surface area contributed by atoms with E-state index in [2.05, 4.69) is 95.1 Å². The first-order valence-electron chi connectivity index (χ1n) is 10.2. The zero-order chi connectivity index (χ0) is 20.8. The van der Waals surface area contributed by atoms with E-state index < -0.39 is 0 Å². The molecule has 0 saturated carbocycles. The van der Waals surface area contributed by atoms with Gasteiger partial charge in [-0.1, -0.05) is 84.9 Å². The van der Waals surface area contributed by atoms with Crippen molar-refractivity contribution < 1.29 is 0 Å². The highest BCUT2D eigenvalue weighted by Crippen LogP contribution is 2.18. The molecule has 0 aliphatic rings. The normalized spacial score (nSPS) is 11.7. The number of hydrogen-bond donors (Lipinski definition) is 0. The SMILES string of the molecule is CN(CCN(C)/N=C\c1cccc2ccccc12)/N=C\c1cccc2ccccc12. The smallest absolute Gasteiger partial charge is 0.0549 e. The highest BCUT2D eigenvalue weighted by Gasteiger charge is 2.01. The molecular formula is C26H26N4. The van der Waals surface area contributed by atoms with Crippen LogP contribution >= 0.6 is 0 Å². The fourth-order valence-electron chi connectivity index (χ4n) is 3.45. The molecule has 0 spiro atoms. The summed E-state index contributed by atoms with van der Waals surface area (Å²) in [6, 6.07) is 29.3. The third-order valence-electron chi connectivity index (χ3n) is 5.18. The fraction of sp³-hybridized carbons (Fsp3) is 0.154. The van der Waals surface area contributed by atoms with Crippen molar-refractivity contribution in [2.45, 2.75) is 0 Å². The van der Waals surface area contributed by atoms with Gasteiger partial charge in [0.25, 0.3) is 0 Å². The van der Waals surface area contributed by atoms with E-state index in [9.17, 15) is 0 Å². The van der Waals surface area contributed by atoms with Crippen LogP contribution in [-0.2, 0) is 0 Å². The van der Waals surface area contributed by atoms with Crippen LogP contribution in [0.25, 0.3) is 21.5 Å². The van der Waals surface area contributed by atoms with Gasteiger partial charge < -0.3 is 0 Å². The molecular weight excluding hydrogens is 368 g/mol. The molecule has 0 atom stereocenters. The molecule has 4 nitrogen and oxygen atoms in total. The molecule has 0 radical (unpaired) electrons. The Balaban J connectivity index is 1.36. The second-order valence-electron chi connectivity index (χ2n) is 7.39. The van der Waals surface area contributed by atoms with E-state index >= 15 is 0 Å². The lowest BCUT2D eigenvalue weighted by molar-refractivity contribution is 0.272. The van der Waals surface area contributed by atoms with Gasteiger partial charge >= 0.3 is 0 Å². The maximum Gasteiger partial charge on any atom is 0.0549 e. The number of hydrazone groups is 2. The van der Waals surface area contributed by atoms with Crippen LogP contribution in [0.1, 0.15) is 11.1 Å². The fourth-order valence-corrected chi connectivity index (χ4v) is 3.45. The highest BCUT2D eigenvalue weighted by atomic mass is 15.5. The molecule has 4 heteroatoms. The van der Waals surface area contributed by atoms with Crippen molar-refractivity contribution in [3.63, 3.8) is 0 Å². The third kappa shape index (κ3) is 4.66. The zero-order valence-electron chi connectivity index (χ0n) is 17.4. The van der Waals surface area contributed by atoms with Crippen LogP contribution in [-0.4, -0.2) is 49.6 Å². The van der Waals surface area contributed by atoms with Crippen molar-refractivity contribution >= 4 is 34.0 Å². The number of benzene rings is 4. The monoisotopic (exact) mass is 394 g/mol. The first-order chi connectivity index (χ1) is 14.7. The van der Waals surface area contributed by atoms with Crippen LogP contribution in [0.3, 0.4) is 0 Å². The second kappa shape index (κ2) is 9.23. The molecule has 0 unspecified atom stereocenters. The van der Waals surface area contributed by atoms with Gasteiger partial charge in [0.1, 0.15) is 0 Å². The van der Waals surface area contributed by atoms with Crippen LogP contribution in [0.5, 0.6) is 0 Å². The lowest BCUT2D eigenvalue weighted by Gasteiger charge is -2.18. The first kappa shape index (κ1) is 19.6. The molecule has 4 aromatic rings. The Hall–Kier alpha value is -3.66. The summed E-state index contributed by atoms with van der Waals surface area (Å²) in [7, 11) is 3.98. The Labute approximate surface area is 177 Å². The average molecular weight is 395 g/mol. The number of nitrogens with zero attached hydrogens (tertiary/aromatic N) is 4. The minimum absolute atomic E-state index is 0.782. The minimum Gasteiger partial charge on any atom is -0.298 e. The Morgan fingerprint density at radius 1 is 0.567 bits per heavy atom. The minimum atomic E-state index is 0.782. The molecule has 0 saturated heterocycles. The van der Waals surface area contributed by atoms with E-state index in [1.165, 1.54) is 21.5 Å². The molecule has 30 heavy (non-hydrogen) atoms. The van der Waals surface area contributed by atoms with Crippen molar-refractivity contribution in [3.8, 4) is 0 Å². The standard InChI is InChI=1S/C26H26N4/c1-29(27-19-23-13-7-11-21-9-3-5-15-25(21)23)17-18-30(2)28-20-24-14-8-12-22-10-4-6-16-26(22)24/h3-16,19-20H,17-18H2,1-2H3/b27-19-,28-20-. The molecule has 0 aliphatic heterocycles. The van der Waals surface area contributed by atoms with E-state index in [0.717, 1.165) is 24.2 Å². The van der Waals surface area contributed by atoms with Gasteiger partial charge in [-0.15, -0.1) is 0 Å². The van der Waals surface area contributed by atoms with Crippen molar-refractivity contribution in [3.05, 3.63) is 96.1 Å². The number of likely N-dealkylation sites (N-methyl/N-ethyl adjacent to an activating group) is 2. The molecule has 0 heterocycles. The van der Waals surface area contributed by atoms with Gasteiger partial charge in [0, 0.05) is 25.2 Å². The summed E-state index contributed by atoms with van der Waals surface area (Å²) in [5.74, 6) is 0. The molecule has 0 amide bonds. The highest BCUT2D eigenvalue weighted by molar-refractivity contribution is 6.00. The van der Waals surface area contributed by atoms with Gasteiger partial charge in [-0.05, 0) is 21.5 Å². The lowest BCUT2D eigenvalue weighted by Crippen LogP contribution is -2.25. The van der Waals surface area contributed by atoms with E-state index in [1.807, 2.05) is 36.5 Å². The van der Waals surface area contributed by atoms with Crippen molar-refractivity contribution in [1.82, 2.24) is 10.0 Å². The first-order valence-corrected chi connectivity index (χ1v) is 10.2. The molecule has 0 fully saturated rings. The maximum absolute atomic E-state index is 4.61. The van der Waals surface area contributed by atoms with Gasteiger partial charge in [-0.25, -0.2) is 0 Å². The van der Waals surface area contributed by atoms with Gasteiger partial charge in [-0.3, -0.25) is 10.0 Å². The summed E-state index contributed by atoms with van der Waals surface area (Å²) in [6.45, 7) is 1.56. The van der Waals surface area contributed by atoms with Crippen LogP contribution in [0.2, 0.25) is 0 Å².